The fraction of sp³-hybridized carbons (Fsp3) is 0.125. The smallest absolute Gasteiger partial charge is 0.278 e. The highest BCUT2D eigenvalue weighted by Crippen LogP contribution is 2.16. The monoisotopic (exact) mass is 198 g/mol. The summed E-state index contributed by atoms with van der Waals surface area (Å²) in [6.45, 7) is 0. The highest BCUT2D eigenvalue weighted by molar-refractivity contribution is 5.78. The number of nitrogens with zero attached hydrogens (tertiary/aromatic N) is 1. The molecule has 1 rings (SSSR count). The Hall–Kier alpha value is -2.03. The van der Waals surface area contributed by atoms with Gasteiger partial charge in [0.15, 0.2) is 6.29 Å². The van der Waals surface area contributed by atoms with E-state index in [0.29, 0.717) is 0 Å². The molecule has 1 aromatic heterocycles. The van der Waals surface area contributed by atoms with Crippen LogP contribution in [0.3, 0.4) is 0 Å². The maximum absolute atomic E-state index is 12.1. The van der Waals surface area contributed by atoms with Crippen LogP contribution in [0.5, 0.6) is 0 Å². The largest absolute Gasteiger partial charge is 0.320 e. The minimum atomic E-state index is -2.88. The van der Waals surface area contributed by atoms with Crippen molar-refractivity contribution in [1.29, 1.82) is 5.26 Å². The summed E-state index contributed by atoms with van der Waals surface area (Å²) in [5, 5.41) is 8.47. The van der Waals surface area contributed by atoms with E-state index in [9.17, 15) is 18.4 Å². The Labute approximate surface area is 76.8 Å². The summed E-state index contributed by atoms with van der Waals surface area (Å²) in [7, 11) is 0. The lowest BCUT2D eigenvalue weighted by Gasteiger charge is -2.00. The van der Waals surface area contributed by atoms with Crippen LogP contribution >= 0.6 is 0 Å². The molecule has 0 aliphatic rings. The quantitative estimate of drug-likeness (QED) is 0.720. The fourth-order valence-electron chi connectivity index (χ4n) is 0.917. The van der Waals surface area contributed by atoms with E-state index >= 15 is 0 Å². The fourth-order valence-corrected chi connectivity index (χ4v) is 0.917. The van der Waals surface area contributed by atoms with Gasteiger partial charge in [0.25, 0.3) is 12.0 Å². The van der Waals surface area contributed by atoms with Crippen molar-refractivity contribution in [3.05, 3.63) is 33.2 Å². The van der Waals surface area contributed by atoms with Gasteiger partial charge in [-0.05, 0) is 6.07 Å². The van der Waals surface area contributed by atoms with Gasteiger partial charge in [-0.15, -0.1) is 0 Å². The van der Waals surface area contributed by atoms with E-state index in [-0.39, 0.29) is 11.8 Å². The number of aromatic nitrogens is 1. The molecule has 0 aliphatic heterocycles. The number of hydrogen-bond donors (Lipinski definition) is 1. The minimum Gasteiger partial charge on any atom is -0.320 e. The third-order valence-corrected chi connectivity index (χ3v) is 1.57. The molecule has 1 heterocycles. The van der Waals surface area contributed by atoms with Crippen LogP contribution < -0.4 is 5.56 Å². The number of nitrogens with one attached hydrogen (secondary N) is 1. The molecule has 0 unspecified atom stereocenters. The molecule has 0 spiro atoms. The number of pyridine rings is 1. The summed E-state index contributed by atoms with van der Waals surface area (Å²) in [5.74, 6) is 0. The van der Waals surface area contributed by atoms with Crippen molar-refractivity contribution >= 4 is 6.29 Å². The van der Waals surface area contributed by atoms with Crippen LogP contribution in [0.4, 0.5) is 8.78 Å². The van der Waals surface area contributed by atoms with Crippen LogP contribution in [0, 0.1) is 11.3 Å². The molecule has 1 aromatic rings. The maximum Gasteiger partial charge on any atom is 0.278 e. The lowest BCUT2D eigenvalue weighted by Crippen LogP contribution is -2.16. The van der Waals surface area contributed by atoms with Crippen LogP contribution in [0.15, 0.2) is 10.9 Å². The summed E-state index contributed by atoms with van der Waals surface area (Å²) >= 11 is 0. The molecule has 14 heavy (non-hydrogen) atoms. The van der Waals surface area contributed by atoms with Gasteiger partial charge < -0.3 is 4.98 Å². The maximum atomic E-state index is 12.1. The highest BCUT2D eigenvalue weighted by Gasteiger charge is 2.13. The third kappa shape index (κ3) is 1.66. The van der Waals surface area contributed by atoms with Gasteiger partial charge in [-0.2, -0.15) is 5.26 Å². The molecule has 0 amide bonds. The number of aldehydes is 1. The predicted octanol–water partition coefficient (Wildman–Crippen LogP) is 0.997. The van der Waals surface area contributed by atoms with Crippen molar-refractivity contribution in [3.8, 4) is 6.07 Å². The summed E-state index contributed by atoms with van der Waals surface area (Å²) in [6.07, 6.45) is -2.72. The lowest BCUT2D eigenvalue weighted by molar-refractivity contribution is 0.112. The zero-order valence-corrected chi connectivity index (χ0v) is 6.75. The summed E-state index contributed by atoms with van der Waals surface area (Å²) in [4.78, 5) is 23.1. The van der Waals surface area contributed by atoms with E-state index < -0.39 is 23.2 Å². The van der Waals surface area contributed by atoms with Crippen molar-refractivity contribution < 1.29 is 13.6 Å². The zero-order valence-electron chi connectivity index (χ0n) is 6.75. The summed E-state index contributed by atoms with van der Waals surface area (Å²) < 4.78 is 24.3. The van der Waals surface area contributed by atoms with Gasteiger partial charge >= 0.3 is 0 Å². The Balaban J connectivity index is 3.49. The molecule has 0 atom stereocenters. The van der Waals surface area contributed by atoms with Crippen molar-refractivity contribution in [2.24, 2.45) is 0 Å². The Bertz CT molecular complexity index is 459. The van der Waals surface area contributed by atoms with Gasteiger partial charge in [0, 0.05) is 0 Å². The Morgan fingerprint density at radius 3 is 2.64 bits per heavy atom. The highest BCUT2D eigenvalue weighted by atomic mass is 19.3. The second-order valence-corrected chi connectivity index (χ2v) is 2.41. The topological polar surface area (TPSA) is 73.7 Å². The second kappa shape index (κ2) is 3.79. The molecule has 0 bridgehead atoms. The molecule has 72 valence electrons. The molecular formula is C8H4F2N2O2. The Morgan fingerprint density at radius 1 is 1.57 bits per heavy atom. The normalized spacial score (nSPS) is 9.86. The van der Waals surface area contributed by atoms with E-state index in [1.807, 2.05) is 4.98 Å². The Kier molecular flexibility index (Phi) is 2.72. The van der Waals surface area contributed by atoms with E-state index in [1.165, 1.54) is 6.07 Å². The predicted molar refractivity (Wildman–Crippen MR) is 42.1 cm³/mol. The van der Waals surface area contributed by atoms with Crippen LogP contribution in [0.1, 0.15) is 28.0 Å². The van der Waals surface area contributed by atoms with Gasteiger partial charge in [-0.3, -0.25) is 9.59 Å². The number of carbonyl (C=O) groups is 1. The van der Waals surface area contributed by atoms with E-state index in [0.717, 1.165) is 6.07 Å². The first-order valence-corrected chi connectivity index (χ1v) is 3.50. The lowest BCUT2D eigenvalue weighted by atomic mass is 10.1. The molecule has 0 radical (unpaired) electrons. The molecule has 0 saturated heterocycles. The molecule has 1 N–H and O–H groups in total. The number of halogens is 2. The number of aromatic amines is 1. The Morgan fingerprint density at radius 2 is 2.21 bits per heavy atom. The number of carbonyl (C=O) groups excluding carboxylic acids is 1. The number of rotatable bonds is 2. The first-order chi connectivity index (χ1) is 6.60. The molecule has 0 aliphatic carbocycles. The van der Waals surface area contributed by atoms with E-state index in [2.05, 4.69) is 0 Å². The molecule has 6 heteroatoms. The van der Waals surface area contributed by atoms with Gasteiger partial charge in [-0.1, -0.05) is 0 Å². The standard InChI is InChI=1S/C8H4F2N2O2/c9-7(10)6-1-4(2-11)5(3-13)8(14)12-6/h1,3,7H,(H,12,14). The van der Waals surface area contributed by atoms with Crippen molar-refractivity contribution in [1.82, 2.24) is 4.98 Å². The number of nitriles is 1. The van der Waals surface area contributed by atoms with Crippen LogP contribution in [0.2, 0.25) is 0 Å². The molecule has 4 nitrogen and oxygen atoms in total. The second-order valence-electron chi connectivity index (χ2n) is 2.41. The average Bonchev–Trinajstić information content (AvgIpc) is 2.16. The number of alkyl halides is 2. The molecule has 0 fully saturated rings. The number of hydrogen-bond acceptors (Lipinski definition) is 3. The van der Waals surface area contributed by atoms with Crippen LogP contribution in [-0.2, 0) is 0 Å². The minimum absolute atomic E-state index is 0.159. The van der Waals surface area contributed by atoms with Crippen molar-refractivity contribution in [3.63, 3.8) is 0 Å². The van der Waals surface area contributed by atoms with Crippen molar-refractivity contribution in [2.45, 2.75) is 6.43 Å². The van der Waals surface area contributed by atoms with Crippen LogP contribution in [0.25, 0.3) is 0 Å². The molecule has 0 saturated carbocycles. The third-order valence-electron chi connectivity index (χ3n) is 1.57. The van der Waals surface area contributed by atoms with Gasteiger partial charge in [-0.25, -0.2) is 8.78 Å². The first-order valence-electron chi connectivity index (χ1n) is 3.50. The van der Waals surface area contributed by atoms with E-state index in [4.69, 9.17) is 5.26 Å². The first kappa shape index (κ1) is 10.1. The SMILES string of the molecule is N#Cc1cc(C(F)F)[nH]c(=O)c1C=O. The van der Waals surface area contributed by atoms with Gasteiger partial charge in [0.1, 0.15) is 6.07 Å². The van der Waals surface area contributed by atoms with Gasteiger partial charge in [0.2, 0.25) is 0 Å². The zero-order chi connectivity index (χ0) is 10.7. The average molecular weight is 198 g/mol. The van der Waals surface area contributed by atoms with E-state index in [1.54, 1.807) is 0 Å². The molecular weight excluding hydrogens is 194 g/mol. The van der Waals surface area contributed by atoms with Crippen LogP contribution in [-0.4, -0.2) is 11.3 Å². The summed E-state index contributed by atoms with van der Waals surface area (Å²) in [6, 6.07) is 2.29. The summed E-state index contributed by atoms with van der Waals surface area (Å²) in [5.41, 5.74) is -2.43. The van der Waals surface area contributed by atoms with Gasteiger partial charge in [0.05, 0.1) is 16.8 Å². The number of H-pyrrole nitrogens is 1. The molecule has 0 aromatic carbocycles. The van der Waals surface area contributed by atoms with Crippen molar-refractivity contribution in [2.75, 3.05) is 0 Å².